The standard InChI is InChI=1S/C11H20N2O5S/c1-13(7-19)8(11(17)18)5-6-12-9(14)3-2-4-10(15)16/h8,19H,2-7H2,1H3,(H,12,14)(H,15,16)(H,17,18)/t8-/m0/s1. The third kappa shape index (κ3) is 8.44. The number of thiol groups is 1. The van der Waals surface area contributed by atoms with Gasteiger partial charge in [0, 0.05) is 25.3 Å². The molecule has 0 aromatic rings. The fourth-order valence-corrected chi connectivity index (χ4v) is 1.66. The van der Waals surface area contributed by atoms with Crippen molar-refractivity contribution in [1.82, 2.24) is 10.2 Å². The molecule has 8 heteroatoms. The predicted molar refractivity (Wildman–Crippen MR) is 72.2 cm³/mol. The highest BCUT2D eigenvalue weighted by atomic mass is 32.1. The Morgan fingerprint density at radius 2 is 1.89 bits per heavy atom. The van der Waals surface area contributed by atoms with E-state index in [1.165, 1.54) is 0 Å². The van der Waals surface area contributed by atoms with Crippen LogP contribution in [0.1, 0.15) is 25.7 Å². The number of carboxylic acid groups (broad SMARTS) is 2. The van der Waals surface area contributed by atoms with Crippen LogP contribution in [0.25, 0.3) is 0 Å². The zero-order valence-corrected chi connectivity index (χ0v) is 11.7. The molecule has 0 fully saturated rings. The molecule has 0 unspecified atom stereocenters. The summed E-state index contributed by atoms with van der Waals surface area (Å²) in [5.74, 6) is -1.85. The molecule has 0 aromatic carbocycles. The maximum absolute atomic E-state index is 11.3. The number of amides is 1. The fourth-order valence-electron chi connectivity index (χ4n) is 1.47. The van der Waals surface area contributed by atoms with Gasteiger partial charge in [0.25, 0.3) is 0 Å². The Bertz CT molecular complexity index is 324. The van der Waals surface area contributed by atoms with Crippen molar-refractivity contribution in [3.05, 3.63) is 0 Å². The number of hydrogen-bond donors (Lipinski definition) is 4. The summed E-state index contributed by atoms with van der Waals surface area (Å²) in [6.07, 6.45) is 0.636. The minimum Gasteiger partial charge on any atom is -0.481 e. The van der Waals surface area contributed by atoms with Crippen molar-refractivity contribution in [2.45, 2.75) is 31.7 Å². The van der Waals surface area contributed by atoms with Crippen LogP contribution < -0.4 is 5.32 Å². The van der Waals surface area contributed by atoms with E-state index in [9.17, 15) is 14.4 Å². The molecule has 0 aliphatic carbocycles. The molecule has 0 aliphatic rings. The van der Waals surface area contributed by atoms with Crippen molar-refractivity contribution in [3.8, 4) is 0 Å². The van der Waals surface area contributed by atoms with Crippen LogP contribution in [0, 0.1) is 0 Å². The van der Waals surface area contributed by atoms with E-state index >= 15 is 0 Å². The topological polar surface area (TPSA) is 107 Å². The molecule has 7 nitrogen and oxygen atoms in total. The van der Waals surface area contributed by atoms with Crippen molar-refractivity contribution in [3.63, 3.8) is 0 Å². The lowest BCUT2D eigenvalue weighted by Crippen LogP contribution is -2.40. The average molecular weight is 292 g/mol. The van der Waals surface area contributed by atoms with Crippen LogP contribution in [-0.2, 0) is 14.4 Å². The van der Waals surface area contributed by atoms with Crippen molar-refractivity contribution < 1.29 is 24.6 Å². The maximum atomic E-state index is 11.3. The highest BCUT2D eigenvalue weighted by Crippen LogP contribution is 2.03. The van der Waals surface area contributed by atoms with Crippen molar-refractivity contribution in [2.24, 2.45) is 0 Å². The molecular formula is C11H20N2O5S. The number of hydrogen-bond acceptors (Lipinski definition) is 5. The summed E-state index contributed by atoms with van der Waals surface area (Å²) < 4.78 is 0. The molecule has 0 rings (SSSR count). The van der Waals surface area contributed by atoms with Gasteiger partial charge in [-0.25, -0.2) is 0 Å². The quantitative estimate of drug-likeness (QED) is 0.334. The van der Waals surface area contributed by atoms with Gasteiger partial charge in [-0.05, 0) is 19.9 Å². The molecule has 19 heavy (non-hydrogen) atoms. The Morgan fingerprint density at radius 3 is 2.37 bits per heavy atom. The first-order chi connectivity index (χ1) is 8.88. The van der Waals surface area contributed by atoms with Gasteiger partial charge in [0.2, 0.25) is 5.91 Å². The Balaban J connectivity index is 3.89. The molecule has 0 spiro atoms. The minimum atomic E-state index is -0.961. The van der Waals surface area contributed by atoms with Crippen LogP contribution in [-0.4, -0.2) is 58.5 Å². The van der Waals surface area contributed by atoms with Gasteiger partial charge in [-0.2, -0.15) is 12.6 Å². The van der Waals surface area contributed by atoms with Crippen LogP contribution in [0.5, 0.6) is 0 Å². The molecule has 0 heterocycles. The molecule has 0 bridgehead atoms. The van der Waals surface area contributed by atoms with Crippen LogP contribution in [0.15, 0.2) is 0 Å². The van der Waals surface area contributed by atoms with Crippen molar-refractivity contribution >= 4 is 30.5 Å². The summed E-state index contributed by atoms with van der Waals surface area (Å²) in [7, 11) is 1.64. The molecule has 0 saturated carbocycles. The number of carbonyl (C=O) groups excluding carboxylic acids is 1. The van der Waals surface area contributed by atoms with Crippen LogP contribution in [0.2, 0.25) is 0 Å². The highest BCUT2D eigenvalue weighted by molar-refractivity contribution is 7.80. The SMILES string of the molecule is CN(CS)[C@@H](CCNC(=O)CCCC(=O)O)C(=O)O. The molecule has 0 aromatic heterocycles. The summed E-state index contributed by atoms with van der Waals surface area (Å²) in [5.41, 5.74) is 0. The molecule has 1 amide bonds. The molecule has 0 aliphatic heterocycles. The second-order valence-electron chi connectivity index (χ2n) is 4.14. The summed E-state index contributed by atoms with van der Waals surface area (Å²) >= 11 is 4.00. The maximum Gasteiger partial charge on any atom is 0.321 e. The average Bonchev–Trinajstić information content (AvgIpc) is 2.32. The van der Waals surface area contributed by atoms with Gasteiger partial charge < -0.3 is 15.5 Å². The van der Waals surface area contributed by atoms with Gasteiger partial charge in [0.1, 0.15) is 6.04 Å². The summed E-state index contributed by atoms with van der Waals surface area (Å²) in [5, 5.41) is 20.0. The third-order valence-electron chi connectivity index (χ3n) is 2.57. The summed E-state index contributed by atoms with van der Waals surface area (Å²) in [6.45, 7) is 0.237. The van der Waals surface area contributed by atoms with E-state index in [1.54, 1.807) is 11.9 Å². The monoisotopic (exact) mass is 292 g/mol. The fraction of sp³-hybridized carbons (Fsp3) is 0.727. The van der Waals surface area contributed by atoms with Gasteiger partial charge in [-0.15, -0.1) is 0 Å². The Hall–Kier alpha value is -1.28. The van der Waals surface area contributed by atoms with Gasteiger partial charge >= 0.3 is 11.9 Å². The number of carbonyl (C=O) groups is 3. The number of likely N-dealkylation sites (N-methyl/N-ethyl adjacent to an activating group) is 1. The lowest BCUT2D eigenvalue weighted by molar-refractivity contribution is -0.143. The van der Waals surface area contributed by atoms with Gasteiger partial charge in [0.05, 0.1) is 0 Å². The second-order valence-corrected chi connectivity index (χ2v) is 4.42. The van der Waals surface area contributed by atoms with E-state index in [-0.39, 0.29) is 38.1 Å². The first-order valence-corrected chi connectivity index (χ1v) is 6.54. The molecule has 0 saturated heterocycles. The molecule has 1 atom stereocenters. The van der Waals surface area contributed by atoms with Crippen LogP contribution in [0.3, 0.4) is 0 Å². The number of nitrogens with one attached hydrogen (secondary N) is 1. The lowest BCUT2D eigenvalue weighted by atomic mass is 10.2. The molecule has 110 valence electrons. The molecular weight excluding hydrogens is 272 g/mol. The van der Waals surface area contributed by atoms with E-state index in [2.05, 4.69) is 17.9 Å². The van der Waals surface area contributed by atoms with E-state index < -0.39 is 18.0 Å². The van der Waals surface area contributed by atoms with E-state index in [0.29, 0.717) is 5.88 Å². The number of nitrogens with zero attached hydrogens (tertiary/aromatic N) is 1. The van der Waals surface area contributed by atoms with Crippen molar-refractivity contribution in [2.75, 3.05) is 19.5 Å². The summed E-state index contributed by atoms with van der Waals surface area (Å²) in [6, 6.07) is -0.697. The number of rotatable bonds is 10. The number of aliphatic carboxylic acids is 2. The highest BCUT2D eigenvalue weighted by Gasteiger charge is 2.21. The largest absolute Gasteiger partial charge is 0.481 e. The first-order valence-electron chi connectivity index (χ1n) is 5.91. The van der Waals surface area contributed by atoms with Crippen LogP contribution in [0.4, 0.5) is 0 Å². The summed E-state index contributed by atoms with van der Waals surface area (Å²) in [4.78, 5) is 34.1. The normalized spacial score (nSPS) is 12.2. The zero-order chi connectivity index (χ0) is 14.8. The van der Waals surface area contributed by atoms with E-state index in [0.717, 1.165) is 0 Å². The molecule has 0 radical (unpaired) electrons. The zero-order valence-electron chi connectivity index (χ0n) is 10.8. The van der Waals surface area contributed by atoms with Crippen LogP contribution >= 0.6 is 12.6 Å². The van der Waals surface area contributed by atoms with Gasteiger partial charge in [-0.3, -0.25) is 19.3 Å². The van der Waals surface area contributed by atoms with E-state index in [1.807, 2.05) is 0 Å². The first kappa shape index (κ1) is 17.7. The minimum absolute atomic E-state index is 0.0481. The van der Waals surface area contributed by atoms with Gasteiger partial charge in [-0.1, -0.05) is 0 Å². The Labute approximate surface area is 117 Å². The van der Waals surface area contributed by atoms with Crippen molar-refractivity contribution in [1.29, 1.82) is 0 Å². The second kappa shape index (κ2) is 9.62. The predicted octanol–water partition coefficient (Wildman–Crippen LogP) is 0.0199. The molecule has 3 N–H and O–H groups in total. The Morgan fingerprint density at radius 1 is 1.26 bits per heavy atom. The smallest absolute Gasteiger partial charge is 0.321 e. The van der Waals surface area contributed by atoms with Gasteiger partial charge in [0.15, 0.2) is 0 Å². The Kier molecular flexibility index (Phi) is 8.98. The lowest BCUT2D eigenvalue weighted by Gasteiger charge is -2.22. The number of carboxylic acids is 2. The third-order valence-corrected chi connectivity index (χ3v) is 3.02. The van der Waals surface area contributed by atoms with E-state index in [4.69, 9.17) is 10.2 Å².